The number of benzene rings is 2. The third-order valence-corrected chi connectivity index (χ3v) is 7.38. The Morgan fingerprint density at radius 1 is 1.09 bits per heavy atom. The van der Waals surface area contributed by atoms with Gasteiger partial charge in [0, 0.05) is 51.2 Å². The van der Waals surface area contributed by atoms with Gasteiger partial charge in [0.15, 0.2) is 0 Å². The van der Waals surface area contributed by atoms with Crippen molar-refractivity contribution in [3.8, 4) is 0 Å². The van der Waals surface area contributed by atoms with E-state index >= 15 is 0 Å². The maximum Gasteiger partial charge on any atom is 0.254 e. The molecule has 2 aliphatic rings. The molecule has 0 fully saturated rings. The number of anilines is 1. The quantitative estimate of drug-likeness (QED) is 0.700. The number of carbonyl (C=O) groups is 2. The van der Waals surface area contributed by atoms with Gasteiger partial charge in [-0.15, -0.1) is 0 Å². The SMILES string of the molecule is CN(C)c1ccc(C(=O)N2CCNC3=C(C(=O)N(C)C3(C)C)C2c2ccc(Cl)c(Cl)c2)cc1. The molecule has 2 heterocycles. The summed E-state index contributed by atoms with van der Waals surface area (Å²) < 4.78 is 0. The van der Waals surface area contributed by atoms with E-state index in [2.05, 4.69) is 5.32 Å². The fourth-order valence-electron chi connectivity index (χ4n) is 4.51. The largest absolute Gasteiger partial charge is 0.384 e. The summed E-state index contributed by atoms with van der Waals surface area (Å²) in [6.07, 6.45) is 0. The lowest BCUT2D eigenvalue weighted by atomic mass is 9.92. The summed E-state index contributed by atoms with van der Waals surface area (Å²) in [6.45, 7) is 4.97. The van der Waals surface area contributed by atoms with Gasteiger partial charge in [-0.05, 0) is 55.8 Å². The van der Waals surface area contributed by atoms with Gasteiger partial charge in [-0.1, -0.05) is 29.3 Å². The average Bonchev–Trinajstić information content (AvgIpc) is 2.93. The molecule has 0 radical (unpaired) electrons. The second kappa shape index (κ2) is 8.58. The Morgan fingerprint density at radius 3 is 2.36 bits per heavy atom. The number of amides is 2. The van der Waals surface area contributed by atoms with Crippen LogP contribution in [0.15, 0.2) is 53.7 Å². The van der Waals surface area contributed by atoms with Gasteiger partial charge < -0.3 is 20.0 Å². The van der Waals surface area contributed by atoms with Crippen LogP contribution in [0.1, 0.15) is 35.8 Å². The molecule has 1 unspecified atom stereocenters. The van der Waals surface area contributed by atoms with Gasteiger partial charge in [0.1, 0.15) is 0 Å². The molecule has 2 amide bonds. The zero-order valence-electron chi connectivity index (χ0n) is 19.4. The van der Waals surface area contributed by atoms with Crippen molar-refractivity contribution in [2.24, 2.45) is 0 Å². The molecule has 0 saturated carbocycles. The number of nitrogens with zero attached hydrogens (tertiary/aromatic N) is 3. The van der Waals surface area contributed by atoms with E-state index in [1.54, 1.807) is 29.0 Å². The highest BCUT2D eigenvalue weighted by Crippen LogP contribution is 2.43. The number of nitrogens with one attached hydrogen (secondary N) is 1. The predicted octanol–water partition coefficient (Wildman–Crippen LogP) is 4.35. The van der Waals surface area contributed by atoms with Crippen molar-refractivity contribution in [3.63, 3.8) is 0 Å². The van der Waals surface area contributed by atoms with E-state index in [-0.39, 0.29) is 11.8 Å². The van der Waals surface area contributed by atoms with Crippen LogP contribution in [0.25, 0.3) is 0 Å². The lowest BCUT2D eigenvalue weighted by molar-refractivity contribution is -0.127. The third-order valence-electron chi connectivity index (χ3n) is 6.65. The molecule has 33 heavy (non-hydrogen) atoms. The minimum absolute atomic E-state index is 0.110. The molecular weight excluding hydrogens is 459 g/mol. The van der Waals surface area contributed by atoms with E-state index in [0.717, 1.165) is 16.9 Å². The number of rotatable bonds is 3. The van der Waals surface area contributed by atoms with Crippen LogP contribution in [0.3, 0.4) is 0 Å². The molecule has 6 nitrogen and oxygen atoms in total. The third kappa shape index (κ3) is 3.96. The van der Waals surface area contributed by atoms with Gasteiger partial charge >= 0.3 is 0 Å². The van der Waals surface area contributed by atoms with Crippen molar-refractivity contribution in [1.29, 1.82) is 0 Å². The molecule has 4 rings (SSSR count). The Hall–Kier alpha value is -2.70. The second-order valence-electron chi connectivity index (χ2n) is 9.15. The Balaban J connectivity index is 1.86. The topological polar surface area (TPSA) is 55.9 Å². The van der Waals surface area contributed by atoms with E-state index in [4.69, 9.17) is 23.2 Å². The highest BCUT2D eigenvalue weighted by Gasteiger charge is 2.49. The Bertz CT molecular complexity index is 1140. The first kappa shape index (κ1) is 23.5. The van der Waals surface area contributed by atoms with Crippen molar-refractivity contribution >= 4 is 40.7 Å². The molecule has 8 heteroatoms. The number of hydrogen-bond donors (Lipinski definition) is 1. The zero-order valence-corrected chi connectivity index (χ0v) is 21.0. The van der Waals surface area contributed by atoms with Crippen LogP contribution in [-0.2, 0) is 4.79 Å². The van der Waals surface area contributed by atoms with Crippen LogP contribution in [-0.4, -0.2) is 61.4 Å². The van der Waals surface area contributed by atoms with E-state index in [0.29, 0.717) is 34.3 Å². The average molecular weight is 487 g/mol. The molecule has 0 spiro atoms. The fourth-order valence-corrected chi connectivity index (χ4v) is 4.81. The first-order valence-electron chi connectivity index (χ1n) is 10.8. The molecule has 1 atom stereocenters. The van der Waals surface area contributed by atoms with Gasteiger partial charge in [-0.3, -0.25) is 9.59 Å². The van der Waals surface area contributed by atoms with Gasteiger partial charge in [0.2, 0.25) is 0 Å². The zero-order chi connectivity index (χ0) is 24.1. The summed E-state index contributed by atoms with van der Waals surface area (Å²) in [5, 5.41) is 4.25. The lowest BCUT2D eigenvalue weighted by Crippen LogP contribution is -2.46. The molecule has 0 aromatic heterocycles. The minimum Gasteiger partial charge on any atom is -0.384 e. The van der Waals surface area contributed by atoms with Crippen LogP contribution >= 0.6 is 23.2 Å². The van der Waals surface area contributed by atoms with E-state index in [1.807, 2.05) is 63.2 Å². The summed E-state index contributed by atoms with van der Waals surface area (Å²) in [7, 11) is 5.70. The molecule has 0 saturated heterocycles. The van der Waals surface area contributed by atoms with Crippen molar-refractivity contribution in [3.05, 3.63) is 74.9 Å². The number of carbonyl (C=O) groups excluding carboxylic acids is 2. The van der Waals surface area contributed by atoms with Crippen molar-refractivity contribution in [1.82, 2.24) is 15.1 Å². The van der Waals surface area contributed by atoms with Crippen LogP contribution in [0, 0.1) is 0 Å². The highest BCUT2D eigenvalue weighted by molar-refractivity contribution is 6.42. The highest BCUT2D eigenvalue weighted by atomic mass is 35.5. The van der Waals surface area contributed by atoms with Crippen LogP contribution in [0.4, 0.5) is 5.69 Å². The maximum atomic E-state index is 13.8. The van der Waals surface area contributed by atoms with Gasteiger partial charge in [0.05, 0.1) is 27.2 Å². The summed E-state index contributed by atoms with van der Waals surface area (Å²) in [6, 6.07) is 12.2. The Kier molecular flexibility index (Phi) is 6.10. The maximum absolute atomic E-state index is 13.8. The van der Waals surface area contributed by atoms with Crippen molar-refractivity contribution in [2.75, 3.05) is 39.1 Å². The van der Waals surface area contributed by atoms with Crippen LogP contribution in [0.5, 0.6) is 0 Å². The minimum atomic E-state index is -0.595. The molecule has 2 aromatic carbocycles. The fraction of sp³-hybridized carbons (Fsp3) is 0.360. The molecule has 2 aromatic rings. The van der Waals surface area contributed by atoms with Crippen LogP contribution in [0.2, 0.25) is 10.0 Å². The van der Waals surface area contributed by atoms with E-state index in [1.165, 1.54) is 0 Å². The number of likely N-dealkylation sites (N-methyl/N-ethyl adjacent to an activating group) is 1. The summed E-state index contributed by atoms with van der Waals surface area (Å²) in [4.78, 5) is 32.7. The lowest BCUT2D eigenvalue weighted by Gasteiger charge is -2.33. The summed E-state index contributed by atoms with van der Waals surface area (Å²) >= 11 is 12.5. The predicted molar refractivity (Wildman–Crippen MR) is 133 cm³/mol. The Labute approximate surface area is 204 Å². The Morgan fingerprint density at radius 2 is 1.76 bits per heavy atom. The van der Waals surface area contributed by atoms with Gasteiger partial charge in [-0.2, -0.15) is 0 Å². The van der Waals surface area contributed by atoms with Crippen molar-refractivity contribution in [2.45, 2.75) is 25.4 Å². The van der Waals surface area contributed by atoms with Crippen molar-refractivity contribution < 1.29 is 9.59 Å². The smallest absolute Gasteiger partial charge is 0.254 e. The first-order chi connectivity index (χ1) is 15.5. The number of hydrogen-bond acceptors (Lipinski definition) is 4. The van der Waals surface area contributed by atoms with E-state index in [9.17, 15) is 9.59 Å². The monoisotopic (exact) mass is 486 g/mol. The van der Waals surface area contributed by atoms with Crippen LogP contribution < -0.4 is 10.2 Å². The molecule has 2 aliphatic heterocycles. The van der Waals surface area contributed by atoms with Gasteiger partial charge in [-0.25, -0.2) is 0 Å². The summed E-state index contributed by atoms with van der Waals surface area (Å²) in [5.74, 6) is -0.256. The number of halogens is 2. The van der Waals surface area contributed by atoms with Gasteiger partial charge in [0.25, 0.3) is 11.8 Å². The molecule has 0 aliphatic carbocycles. The molecule has 0 bridgehead atoms. The normalized spacial score (nSPS) is 19.8. The molecule has 174 valence electrons. The second-order valence-corrected chi connectivity index (χ2v) is 9.97. The summed E-state index contributed by atoms with van der Waals surface area (Å²) in [5.41, 5.74) is 3.20. The van der Waals surface area contributed by atoms with E-state index < -0.39 is 11.6 Å². The molecular formula is C25H28Cl2N4O2. The molecule has 1 N–H and O–H groups in total. The first-order valence-corrected chi connectivity index (χ1v) is 11.6. The standard InChI is InChI=1S/C25H28Cl2N4O2/c1-25(2)22-20(24(33)30(25)5)21(16-8-11-18(26)19(27)14-16)31(13-12-28-22)23(32)15-6-9-17(10-7-15)29(3)4/h6-11,14,21,28H,12-13H2,1-5H3.